The van der Waals surface area contributed by atoms with Crippen LogP contribution in [-0.2, 0) is 11.2 Å². The molecule has 1 aromatic rings. The summed E-state index contributed by atoms with van der Waals surface area (Å²) in [4.78, 5) is 17.4. The summed E-state index contributed by atoms with van der Waals surface area (Å²) < 4.78 is 0. The molecule has 0 aromatic heterocycles. The van der Waals surface area contributed by atoms with Gasteiger partial charge in [0.2, 0.25) is 5.91 Å². The number of benzene rings is 1. The predicted molar refractivity (Wildman–Crippen MR) is 102 cm³/mol. The van der Waals surface area contributed by atoms with Gasteiger partial charge in [0.15, 0.2) is 0 Å². The molecular weight excluding hydrogens is 310 g/mol. The van der Waals surface area contributed by atoms with Crippen LogP contribution in [0.2, 0.25) is 0 Å². The molecule has 1 aromatic carbocycles. The van der Waals surface area contributed by atoms with Crippen LogP contribution in [0.15, 0.2) is 30.3 Å². The van der Waals surface area contributed by atoms with Crippen molar-refractivity contribution in [3.63, 3.8) is 0 Å². The Kier molecular flexibility index (Phi) is 6.49. The maximum atomic E-state index is 12.8. The minimum atomic E-state index is -0.421. The van der Waals surface area contributed by atoms with Gasteiger partial charge in [-0.1, -0.05) is 36.8 Å². The van der Waals surface area contributed by atoms with E-state index in [-0.39, 0.29) is 5.91 Å². The molecule has 0 radical (unpaired) electrons. The molecule has 25 heavy (non-hydrogen) atoms. The average molecular weight is 344 g/mol. The molecule has 0 spiro atoms. The third kappa shape index (κ3) is 5.05. The van der Waals surface area contributed by atoms with Crippen molar-refractivity contribution in [3.05, 3.63) is 35.9 Å². The minimum Gasteiger partial charge on any atom is -0.341 e. The van der Waals surface area contributed by atoms with Gasteiger partial charge < -0.3 is 15.5 Å². The van der Waals surface area contributed by atoms with Crippen molar-refractivity contribution in [2.45, 2.75) is 57.5 Å². The molecule has 2 heterocycles. The van der Waals surface area contributed by atoms with Gasteiger partial charge in [-0.2, -0.15) is 0 Å². The first kappa shape index (κ1) is 18.4. The molecule has 0 unspecified atom stereocenters. The number of carbonyl (C=O) groups is 1. The van der Waals surface area contributed by atoms with Gasteiger partial charge in [-0.25, -0.2) is 0 Å². The Balaban J connectivity index is 1.52. The van der Waals surface area contributed by atoms with E-state index in [2.05, 4.69) is 11.8 Å². The molecule has 4 heteroatoms. The molecule has 2 fully saturated rings. The molecule has 0 saturated carbocycles. The second kappa shape index (κ2) is 8.81. The van der Waals surface area contributed by atoms with Crippen molar-refractivity contribution in [1.82, 2.24) is 9.80 Å². The second-order valence-corrected chi connectivity index (χ2v) is 7.93. The molecule has 2 aliphatic heterocycles. The lowest BCUT2D eigenvalue weighted by Crippen LogP contribution is -2.51. The third-order valence-electron chi connectivity index (χ3n) is 5.88. The monoisotopic (exact) mass is 343 g/mol. The van der Waals surface area contributed by atoms with E-state index < -0.39 is 6.04 Å². The summed E-state index contributed by atoms with van der Waals surface area (Å²) in [6.45, 7) is 6.45. The lowest BCUT2D eigenvalue weighted by Gasteiger charge is -2.40. The fraction of sp³-hybridized carbons (Fsp3) is 0.667. The second-order valence-electron chi connectivity index (χ2n) is 7.93. The lowest BCUT2D eigenvalue weighted by atomic mass is 9.94. The topological polar surface area (TPSA) is 49.6 Å². The van der Waals surface area contributed by atoms with Crippen molar-refractivity contribution in [2.24, 2.45) is 11.7 Å². The SMILES string of the molecule is C[C@H]1CCCCN1C[C@H]1CCCN(C(=O)[C@@H](N)Cc2ccccc2)C1. The standard InChI is InChI=1S/C21H33N3O/c1-17-8-5-6-12-23(17)15-19-11-7-13-24(16-19)21(25)20(22)14-18-9-3-2-4-10-18/h2-4,9-10,17,19-20H,5-8,11-16,22H2,1H3/t17-,19+,20-/m0/s1. The summed E-state index contributed by atoms with van der Waals surface area (Å²) in [7, 11) is 0. The average Bonchev–Trinajstić information content (AvgIpc) is 2.64. The lowest BCUT2D eigenvalue weighted by molar-refractivity contribution is -0.134. The van der Waals surface area contributed by atoms with Gasteiger partial charge in [0.05, 0.1) is 6.04 Å². The molecular formula is C21H33N3O. The summed E-state index contributed by atoms with van der Waals surface area (Å²) >= 11 is 0. The summed E-state index contributed by atoms with van der Waals surface area (Å²) in [5, 5.41) is 0. The Hall–Kier alpha value is -1.39. The number of piperidine rings is 2. The van der Waals surface area contributed by atoms with Crippen molar-refractivity contribution in [3.8, 4) is 0 Å². The van der Waals surface area contributed by atoms with Crippen LogP contribution in [0.25, 0.3) is 0 Å². The van der Waals surface area contributed by atoms with Gasteiger partial charge in [-0.3, -0.25) is 4.79 Å². The molecule has 1 amide bonds. The molecule has 3 atom stereocenters. The number of carbonyl (C=O) groups excluding carboxylic acids is 1. The number of amides is 1. The Morgan fingerprint density at radius 2 is 1.96 bits per heavy atom. The highest BCUT2D eigenvalue weighted by Crippen LogP contribution is 2.23. The summed E-state index contributed by atoms with van der Waals surface area (Å²) in [5.74, 6) is 0.724. The first-order valence-corrected chi connectivity index (χ1v) is 9.96. The van der Waals surface area contributed by atoms with Crippen LogP contribution in [0, 0.1) is 5.92 Å². The van der Waals surface area contributed by atoms with E-state index in [1.807, 2.05) is 35.2 Å². The zero-order valence-electron chi connectivity index (χ0n) is 15.6. The van der Waals surface area contributed by atoms with E-state index in [1.165, 1.54) is 32.2 Å². The van der Waals surface area contributed by atoms with Gasteiger partial charge >= 0.3 is 0 Å². The first-order valence-electron chi connectivity index (χ1n) is 9.96. The van der Waals surface area contributed by atoms with E-state index in [4.69, 9.17) is 5.73 Å². The smallest absolute Gasteiger partial charge is 0.239 e. The Morgan fingerprint density at radius 1 is 1.16 bits per heavy atom. The van der Waals surface area contributed by atoms with Gasteiger partial charge in [-0.15, -0.1) is 0 Å². The Morgan fingerprint density at radius 3 is 2.72 bits per heavy atom. The van der Waals surface area contributed by atoms with Crippen LogP contribution >= 0.6 is 0 Å². The number of rotatable bonds is 5. The first-order chi connectivity index (χ1) is 12.1. The summed E-state index contributed by atoms with van der Waals surface area (Å²) in [5.41, 5.74) is 7.37. The maximum absolute atomic E-state index is 12.8. The molecule has 4 nitrogen and oxygen atoms in total. The zero-order chi connectivity index (χ0) is 17.6. The fourth-order valence-corrected chi connectivity index (χ4v) is 4.36. The van der Waals surface area contributed by atoms with Gasteiger partial charge in [-0.05, 0) is 57.1 Å². The molecule has 138 valence electrons. The molecule has 2 N–H and O–H groups in total. The maximum Gasteiger partial charge on any atom is 0.239 e. The third-order valence-corrected chi connectivity index (χ3v) is 5.88. The molecule has 2 saturated heterocycles. The molecule has 2 aliphatic rings. The van der Waals surface area contributed by atoms with Crippen molar-refractivity contribution >= 4 is 5.91 Å². The highest BCUT2D eigenvalue weighted by Gasteiger charge is 2.29. The molecule has 0 aliphatic carbocycles. The fourth-order valence-electron chi connectivity index (χ4n) is 4.36. The van der Waals surface area contributed by atoms with Crippen LogP contribution < -0.4 is 5.73 Å². The minimum absolute atomic E-state index is 0.125. The highest BCUT2D eigenvalue weighted by atomic mass is 16.2. The number of hydrogen-bond acceptors (Lipinski definition) is 3. The summed E-state index contributed by atoms with van der Waals surface area (Å²) in [6, 6.07) is 10.4. The van der Waals surface area contributed by atoms with Gasteiger partial charge in [0, 0.05) is 25.7 Å². The zero-order valence-corrected chi connectivity index (χ0v) is 15.6. The van der Waals surface area contributed by atoms with Crippen LogP contribution in [0.1, 0.15) is 44.6 Å². The van der Waals surface area contributed by atoms with Gasteiger partial charge in [0.1, 0.15) is 0 Å². The van der Waals surface area contributed by atoms with Crippen molar-refractivity contribution in [1.29, 1.82) is 0 Å². The molecule has 0 bridgehead atoms. The van der Waals surface area contributed by atoms with E-state index in [0.29, 0.717) is 18.4 Å². The number of likely N-dealkylation sites (tertiary alicyclic amines) is 2. The van der Waals surface area contributed by atoms with Crippen LogP contribution in [0.5, 0.6) is 0 Å². The molecule has 3 rings (SSSR count). The number of nitrogens with two attached hydrogens (primary N) is 1. The van der Waals surface area contributed by atoms with Crippen molar-refractivity contribution in [2.75, 3.05) is 26.2 Å². The van der Waals surface area contributed by atoms with E-state index in [0.717, 1.165) is 31.6 Å². The quantitative estimate of drug-likeness (QED) is 0.894. The van der Waals surface area contributed by atoms with Gasteiger partial charge in [0.25, 0.3) is 0 Å². The van der Waals surface area contributed by atoms with E-state index >= 15 is 0 Å². The van der Waals surface area contributed by atoms with Crippen LogP contribution in [-0.4, -0.2) is 54.0 Å². The van der Waals surface area contributed by atoms with E-state index in [9.17, 15) is 4.79 Å². The van der Waals surface area contributed by atoms with Crippen LogP contribution in [0.3, 0.4) is 0 Å². The number of hydrogen-bond donors (Lipinski definition) is 1. The van der Waals surface area contributed by atoms with E-state index in [1.54, 1.807) is 0 Å². The van der Waals surface area contributed by atoms with Crippen LogP contribution in [0.4, 0.5) is 0 Å². The van der Waals surface area contributed by atoms with Crippen molar-refractivity contribution < 1.29 is 4.79 Å². The Labute approximate surface area is 152 Å². The number of nitrogens with zero attached hydrogens (tertiary/aromatic N) is 2. The Bertz CT molecular complexity index is 547. The summed E-state index contributed by atoms with van der Waals surface area (Å²) in [6.07, 6.45) is 6.97. The predicted octanol–water partition coefficient (Wildman–Crippen LogP) is 2.67. The normalized spacial score (nSPS) is 26.4. The highest BCUT2D eigenvalue weighted by molar-refractivity contribution is 5.82. The largest absolute Gasteiger partial charge is 0.341 e.